The number of hydrogen-bond donors (Lipinski definition) is 10. The average molecular weight is 549 g/mol. The number of thioether (sulfide) groups is 1. The summed E-state index contributed by atoms with van der Waals surface area (Å²) in [6, 6.07) is 0. The summed E-state index contributed by atoms with van der Waals surface area (Å²) in [5.41, 5.74) is -0.841. The van der Waals surface area contributed by atoms with Crippen LogP contribution in [0.3, 0.4) is 0 Å². The molecule has 0 spiro atoms. The molecule has 0 bridgehead atoms. The van der Waals surface area contributed by atoms with Gasteiger partial charge in [0.2, 0.25) is 0 Å². The summed E-state index contributed by atoms with van der Waals surface area (Å²) < 4.78 is 27.4. The Hall–Kier alpha value is -0.250. The molecule has 3 aliphatic rings. The molecule has 15 atom stereocenters. The van der Waals surface area contributed by atoms with Crippen molar-refractivity contribution >= 4 is 11.8 Å². The first-order valence-corrected chi connectivity index (χ1v) is 12.6. The highest BCUT2D eigenvalue weighted by atomic mass is 32.2. The molecule has 16 heteroatoms. The van der Waals surface area contributed by atoms with Crippen LogP contribution in [-0.4, -0.2) is 168 Å². The van der Waals surface area contributed by atoms with E-state index in [4.69, 9.17) is 23.7 Å². The number of hydrogen-bond acceptors (Lipinski definition) is 16. The van der Waals surface area contributed by atoms with Gasteiger partial charge in [0.1, 0.15) is 78.7 Å². The summed E-state index contributed by atoms with van der Waals surface area (Å²) in [5.74, 6) is 0.558. The maximum Gasteiger partial charge on any atom is 0.187 e. The Labute approximate surface area is 210 Å². The van der Waals surface area contributed by atoms with Crippen LogP contribution in [0.5, 0.6) is 0 Å². The highest BCUT2D eigenvalue weighted by Crippen LogP contribution is 2.34. The van der Waals surface area contributed by atoms with E-state index in [1.165, 1.54) is 11.8 Å². The van der Waals surface area contributed by atoms with Crippen molar-refractivity contribution in [2.75, 3.05) is 25.6 Å². The van der Waals surface area contributed by atoms with Crippen LogP contribution in [-0.2, 0) is 23.7 Å². The molecule has 0 amide bonds. The van der Waals surface area contributed by atoms with Crippen LogP contribution in [0.2, 0.25) is 0 Å². The van der Waals surface area contributed by atoms with Gasteiger partial charge in [0, 0.05) is 0 Å². The second-order valence-corrected chi connectivity index (χ2v) is 10.1. The van der Waals surface area contributed by atoms with Crippen molar-refractivity contribution in [2.24, 2.45) is 0 Å². The molecule has 0 aliphatic carbocycles. The zero-order chi connectivity index (χ0) is 26.7. The predicted molar refractivity (Wildman–Crippen MR) is 117 cm³/mol. The molecule has 36 heavy (non-hydrogen) atoms. The van der Waals surface area contributed by atoms with E-state index in [-0.39, 0.29) is 0 Å². The number of aliphatic hydroxyl groups excluding tert-OH is 10. The van der Waals surface area contributed by atoms with Crippen molar-refractivity contribution in [1.82, 2.24) is 0 Å². The van der Waals surface area contributed by atoms with E-state index >= 15 is 0 Å². The van der Waals surface area contributed by atoms with Crippen LogP contribution < -0.4 is 0 Å². The third kappa shape index (κ3) is 6.15. The lowest BCUT2D eigenvalue weighted by molar-refractivity contribution is -0.371. The number of aliphatic hydroxyl groups is 10. The van der Waals surface area contributed by atoms with Gasteiger partial charge in [-0.05, 0) is 5.75 Å². The summed E-state index contributed by atoms with van der Waals surface area (Å²) in [4.78, 5) is 0. The van der Waals surface area contributed by atoms with E-state index in [1.807, 2.05) is 6.92 Å². The van der Waals surface area contributed by atoms with Crippen LogP contribution in [0.15, 0.2) is 0 Å². The minimum Gasteiger partial charge on any atom is -0.394 e. The highest BCUT2D eigenvalue weighted by molar-refractivity contribution is 7.99. The molecule has 3 rings (SSSR count). The van der Waals surface area contributed by atoms with Crippen molar-refractivity contribution in [3.05, 3.63) is 0 Å². The van der Waals surface area contributed by atoms with Gasteiger partial charge in [0.25, 0.3) is 0 Å². The zero-order valence-electron chi connectivity index (χ0n) is 19.4. The fraction of sp³-hybridized carbons (Fsp3) is 1.00. The van der Waals surface area contributed by atoms with E-state index < -0.39 is 111 Å². The van der Waals surface area contributed by atoms with Crippen LogP contribution in [0.4, 0.5) is 0 Å². The summed E-state index contributed by atoms with van der Waals surface area (Å²) in [6.07, 6.45) is -21.9. The fourth-order valence-corrected chi connectivity index (χ4v) is 5.25. The van der Waals surface area contributed by atoms with Gasteiger partial charge in [0.15, 0.2) is 12.6 Å². The van der Waals surface area contributed by atoms with E-state index in [0.717, 1.165) is 0 Å². The quantitative estimate of drug-likeness (QED) is 0.129. The largest absolute Gasteiger partial charge is 0.394 e. The molecule has 3 aliphatic heterocycles. The van der Waals surface area contributed by atoms with Crippen LogP contribution in [0, 0.1) is 0 Å². The van der Waals surface area contributed by atoms with E-state index in [2.05, 4.69) is 0 Å². The molecule has 3 fully saturated rings. The Morgan fingerprint density at radius 3 is 1.50 bits per heavy atom. The first kappa shape index (κ1) is 30.3. The standard InChI is InChI=1S/C20H36O15S/c1-2-36-20-15(30)12(27)17(8(5-23)33-20)35-19-14(29)11(26)16(7(4-22)32-19)34-18-13(28)10(25)9(24)6(3-21)31-18/h6-30H,2-5H2,1H3/t6?,7?,8?,9-,10+,11-,12-,13?,14?,15?,16-,17-,18+,19+,20+/m1/s1. The van der Waals surface area contributed by atoms with Crippen LogP contribution in [0.25, 0.3) is 0 Å². The highest BCUT2D eigenvalue weighted by Gasteiger charge is 2.53. The normalized spacial score (nSPS) is 50.2. The molecule has 3 saturated heterocycles. The Morgan fingerprint density at radius 2 is 1.00 bits per heavy atom. The van der Waals surface area contributed by atoms with Gasteiger partial charge >= 0.3 is 0 Å². The summed E-state index contributed by atoms with van der Waals surface area (Å²) in [7, 11) is 0. The molecule has 10 N–H and O–H groups in total. The van der Waals surface area contributed by atoms with Gasteiger partial charge in [-0.15, -0.1) is 11.8 Å². The number of rotatable bonds is 9. The van der Waals surface area contributed by atoms with Crippen LogP contribution >= 0.6 is 11.8 Å². The Kier molecular flexibility index (Phi) is 11.1. The van der Waals surface area contributed by atoms with Crippen molar-refractivity contribution < 1.29 is 74.7 Å². The van der Waals surface area contributed by atoms with Gasteiger partial charge < -0.3 is 74.7 Å². The second kappa shape index (κ2) is 13.2. The lowest BCUT2D eigenvalue weighted by Gasteiger charge is -2.48. The molecule has 0 saturated carbocycles. The first-order valence-electron chi connectivity index (χ1n) is 11.6. The molecule has 3 heterocycles. The average Bonchev–Trinajstić information content (AvgIpc) is 2.87. The topological polar surface area (TPSA) is 248 Å². The summed E-state index contributed by atoms with van der Waals surface area (Å²) in [5, 5.41) is 101. The molecule has 0 radical (unpaired) electrons. The SMILES string of the molecule is CCS[C@@H]1OC(CO)[C@@H](O[C@@H]2OC(CO)[C@@H](O[C@@H]3OC(CO)[C@@H](O)[C@H](O)C3O)[C@H](O)C2O)[C@H](O)C1O. The zero-order valence-corrected chi connectivity index (χ0v) is 20.2. The van der Waals surface area contributed by atoms with Gasteiger partial charge in [-0.3, -0.25) is 0 Å². The van der Waals surface area contributed by atoms with Gasteiger partial charge in [-0.25, -0.2) is 0 Å². The van der Waals surface area contributed by atoms with Crippen molar-refractivity contribution in [1.29, 1.82) is 0 Å². The summed E-state index contributed by atoms with van der Waals surface area (Å²) >= 11 is 1.20. The van der Waals surface area contributed by atoms with Gasteiger partial charge in [-0.1, -0.05) is 6.92 Å². The third-order valence-corrected chi connectivity index (χ3v) is 7.46. The minimum atomic E-state index is -1.85. The van der Waals surface area contributed by atoms with E-state index in [0.29, 0.717) is 5.75 Å². The fourth-order valence-electron chi connectivity index (χ4n) is 4.35. The first-order chi connectivity index (χ1) is 17.1. The molecule has 0 aromatic rings. The maximum absolute atomic E-state index is 10.7. The van der Waals surface area contributed by atoms with E-state index in [9.17, 15) is 51.1 Å². The molecule has 0 aromatic carbocycles. The third-order valence-electron chi connectivity index (χ3n) is 6.40. The smallest absolute Gasteiger partial charge is 0.187 e. The van der Waals surface area contributed by atoms with Crippen molar-refractivity contribution in [3.63, 3.8) is 0 Å². The van der Waals surface area contributed by atoms with E-state index in [1.54, 1.807) is 0 Å². The Balaban J connectivity index is 1.71. The van der Waals surface area contributed by atoms with Gasteiger partial charge in [-0.2, -0.15) is 0 Å². The minimum absolute atomic E-state index is 0.558. The molecular formula is C20H36O15S. The monoisotopic (exact) mass is 548 g/mol. The second-order valence-electron chi connectivity index (χ2n) is 8.77. The maximum atomic E-state index is 10.7. The summed E-state index contributed by atoms with van der Waals surface area (Å²) in [6.45, 7) is -0.295. The molecular weight excluding hydrogens is 512 g/mol. The molecule has 6 unspecified atom stereocenters. The Bertz CT molecular complexity index is 671. The van der Waals surface area contributed by atoms with Crippen LogP contribution in [0.1, 0.15) is 6.92 Å². The molecule has 212 valence electrons. The lowest BCUT2D eigenvalue weighted by Crippen LogP contribution is -2.66. The molecule has 15 nitrogen and oxygen atoms in total. The lowest BCUT2D eigenvalue weighted by atomic mass is 9.96. The molecule has 0 aromatic heterocycles. The van der Waals surface area contributed by atoms with Crippen molar-refractivity contribution in [2.45, 2.75) is 98.2 Å². The predicted octanol–water partition coefficient (Wildman–Crippen LogP) is -5.81. The van der Waals surface area contributed by atoms with Crippen molar-refractivity contribution in [3.8, 4) is 0 Å². The number of ether oxygens (including phenoxy) is 5. The van der Waals surface area contributed by atoms with Gasteiger partial charge in [0.05, 0.1) is 19.8 Å². The Morgan fingerprint density at radius 1 is 0.556 bits per heavy atom.